The third kappa shape index (κ3) is 3.67. The summed E-state index contributed by atoms with van der Waals surface area (Å²) in [6.07, 6.45) is 1.78. The van der Waals surface area contributed by atoms with Crippen LogP contribution in [-0.4, -0.2) is 35.1 Å². The number of carbonyl (C=O) groups is 1. The Hall–Kier alpha value is -2.84. The van der Waals surface area contributed by atoms with Crippen LogP contribution in [0.15, 0.2) is 48.5 Å². The Morgan fingerprint density at radius 1 is 1.30 bits per heavy atom. The van der Waals surface area contributed by atoms with Crippen LogP contribution in [0.5, 0.6) is 0 Å². The summed E-state index contributed by atoms with van der Waals surface area (Å²) in [5.41, 5.74) is 0.977. The van der Waals surface area contributed by atoms with Crippen molar-refractivity contribution in [3.05, 3.63) is 64.2 Å². The summed E-state index contributed by atoms with van der Waals surface area (Å²) in [5, 5.41) is 11.6. The Morgan fingerprint density at radius 2 is 2.15 bits per heavy atom. The Labute approximate surface area is 159 Å². The summed E-state index contributed by atoms with van der Waals surface area (Å²) in [5.74, 6) is -0.312. The summed E-state index contributed by atoms with van der Waals surface area (Å²) < 4.78 is 6.68. The summed E-state index contributed by atoms with van der Waals surface area (Å²) in [6, 6.07) is 13.5. The zero-order valence-electron chi connectivity index (χ0n) is 14.4. The fraction of sp³-hybridized carbons (Fsp3) is 0.263. The van der Waals surface area contributed by atoms with E-state index in [-0.39, 0.29) is 23.3 Å². The first-order valence-electron chi connectivity index (χ1n) is 8.65. The van der Waals surface area contributed by atoms with E-state index < -0.39 is 4.92 Å². The van der Waals surface area contributed by atoms with E-state index in [1.54, 1.807) is 11.0 Å². The molecule has 7 nitrogen and oxygen atoms in total. The van der Waals surface area contributed by atoms with Crippen LogP contribution in [0, 0.1) is 10.1 Å². The number of nitro benzene ring substituents is 1. The number of nitrogens with zero attached hydrogens (tertiary/aromatic N) is 3. The van der Waals surface area contributed by atoms with Crippen molar-refractivity contribution >= 4 is 38.3 Å². The molecule has 138 valence electrons. The molecular formula is C19H17N3O4S. The standard InChI is InChI=1S/C19H17N3O4S/c23-18(13-5-3-6-14(11-13)22(24)25)21(12-15-7-4-10-26-15)19-20-16-8-1-2-9-17(16)27-19/h1-3,5-6,8-9,11,15H,4,7,10,12H2/t15-/m0/s1. The fourth-order valence-electron chi connectivity index (χ4n) is 3.12. The largest absolute Gasteiger partial charge is 0.376 e. The van der Waals surface area contributed by atoms with E-state index >= 15 is 0 Å². The molecule has 0 saturated carbocycles. The first-order valence-corrected chi connectivity index (χ1v) is 9.47. The first kappa shape index (κ1) is 17.6. The molecule has 1 atom stereocenters. The number of hydrogen-bond acceptors (Lipinski definition) is 6. The third-order valence-electron chi connectivity index (χ3n) is 4.47. The number of aromatic nitrogens is 1. The summed E-state index contributed by atoms with van der Waals surface area (Å²) in [7, 11) is 0. The fourth-order valence-corrected chi connectivity index (χ4v) is 4.10. The molecule has 27 heavy (non-hydrogen) atoms. The van der Waals surface area contributed by atoms with Gasteiger partial charge in [0.05, 0.1) is 27.8 Å². The van der Waals surface area contributed by atoms with Gasteiger partial charge in [0.1, 0.15) is 0 Å². The maximum absolute atomic E-state index is 13.2. The molecular weight excluding hydrogens is 366 g/mol. The highest BCUT2D eigenvalue weighted by molar-refractivity contribution is 7.22. The van der Waals surface area contributed by atoms with E-state index in [1.165, 1.54) is 29.5 Å². The van der Waals surface area contributed by atoms with Gasteiger partial charge in [0, 0.05) is 24.3 Å². The number of amides is 1. The van der Waals surface area contributed by atoms with Gasteiger partial charge in [-0.2, -0.15) is 0 Å². The van der Waals surface area contributed by atoms with Gasteiger partial charge in [-0.3, -0.25) is 19.8 Å². The predicted octanol–water partition coefficient (Wildman–Crippen LogP) is 4.03. The van der Waals surface area contributed by atoms with Crippen molar-refractivity contribution in [3.8, 4) is 0 Å². The molecule has 8 heteroatoms. The second kappa shape index (κ2) is 7.42. The molecule has 1 amide bonds. The molecule has 0 spiro atoms. The molecule has 1 fully saturated rings. The lowest BCUT2D eigenvalue weighted by molar-refractivity contribution is -0.384. The van der Waals surface area contributed by atoms with Gasteiger partial charge in [0.25, 0.3) is 11.6 Å². The van der Waals surface area contributed by atoms with Gasteiger partial charge >= 0.3 is 0 Å². The quantitative estimate of drug-likeness (QED) is 0.490. The van der Waals surface area contributed by atoms with Gasteiger partial charge in [-0.15, -0.1) is 0 Å². The van der Waals surface area contributed by atoms with Gasteiger partial charge in [-0.1, -0.05) is 29.5 Å². The second-order valence-electron chi connectivity index (χ2n) is 6.32. The van der Waals surface area contributed by atoms with Crippen molar-refractivity contribution in [2.24, 2.45) is 0 Å². The normalized spacial score (nSPS) is 16.5. The van der Waals surface area contributed by atoms with Crippen LogP contribution < -0.4 is 4.90 Å². The average molecular weight is 383 g/mol. The van der Waals surface area contributed by atoms with Crippen LogP contribution in [0.25, 0.3) is 10.2 Å². The smallest absolute Gasteiger partial charge is 0.270 e. The van der Waals surface area contributed by atoms with Gasteiger partial charge in [-0.25, -0.2) is 4.98 Å². The van der Waals surface area contributed by atoms with Gasteiger partial charge in [0.2, 0.25) is 0 Å². The molecule has 0 bridgehead atoms. The molecule has 1 aliphatic rings. The van der Waals surface area contributed by atoms with Crippen LogP contribution in [0.4, 0.5) is 10.8 Å². The minimum Gasteiger partial charge on any atom is -0.376 e. The third-order valence-corrected chi connectivity index (χ3v) is 5.53. The highest BCUT2D eigenvalue weighted by Gasteiger charge is 2.27. The van der Waals surface area contributed by atoms with E-state index in [9.17, 15) is 14.9 Å². The molecule has 0 N–H and O–H groups in total. The van der Waals surface area contributed by atoms with Crippen LogP contribution in [0.2, 0.25) is 0 Å². The number of anilines is 1. The number of benzene rings is 2. The minimum atomic E-state index is -0.501. The predicted molar refractivity (Wildman–Crippen MR) is 103 cm³/mol. The number of non-ortho nitro benzene ring substituents is 1. The molecule has 0 radical (unpaired) electrons. The zero-order chi connectivity index (χ0) is 18.8. The highest BCUT2D eigenvalue weighted by atomic mass is 32.1. The molecule has 0 unspecified atom stereocenters. The SMILES string of the molecule is O=C(c1cccc([N+](=O)[O-])c1)N(C[C@@H]1CCCO1)c1nc2ccccc2s1. The minimum absolute atomic E-state index is 0.0559. The lowest BCUT2D eigenvalue weighted by atomic mass is 10.1. The molecule has 2 aromatic carbocycles. The lowest BCUT2D eigenvalue weighted by Gasteiger charge is -2.23. The van der Waals surface area contributed by atoms with E-state index in [0.717, 1.165) is 23.1 Å². The molecule has 2 heterocycles. The number of nitro groups is 1. The Bertz CT molecular complexity index is 964. The Balaban J connectivity index is 1.71. The summed E-state index contributed by atoms with van der Waals surface area (Å²) in [6.45, 7) is 1.06. The maximum atomic E-state index is 13.2. The van der Waals surface area contributed by atoms with Crippen molar-refractivity contribution in [3.63, 3.8) is 0 Å². The highest BCUT2D eigenvalue weighted by Crippen LogP contribution is 2.31. The Morgan fingerprint density at radius 3 is 2.89 bits per heavy atom. The molecule has 0 aliphatic carbocycles. The van der Waals surface area contributed by atoms with Gasteiger partial charge < -0.3 is 4.74 Å². The zero-order valence-corrected chi connectivity index (χ0v) is 15.2. The Kier molecular flexibility index (Phi) is 4.83. The van der Waals surface area contributed by atoms with Crippen LogP contribution in [0.3, 0.4) is 0 Å². The number of para-hydroxylation sites is 1. The van der Waals surface area contributed by atoms with E-state index in [2.05, 4.69) is 4.98 Å². The summed E-state index contributed by atoms with van der Waals surface area (Å²) in [4.78, 5) is 29.9. The molecule has 4 rings (SSSR count). The van der Waals surface area contributed by atoms with Crippen molar-refractivity contribution < 1.29 is 14.5 Å². The maximum Gasteiger partial charge on any atom is 0.270 e. The van der Waals surface area contributed by atoms with Crippen LogP contribution in [0.1, 0.15) is 23.2 Å². The number of thiazole rings is 1. The number of ether oxygens (including phenoxy) is 1. The topological polar surface area (TPSA) is 85.6 Å². The summed E-state index contributed by atoms with van der Waals surface area (Å²) >= 11 is 1.43. The number of rotatable bonds is 5. The van der Waals surface area contributed by atoms with Crippen molar-refractivity contribution in [2.45, 2.75) is 18.9 Å². The van der Waals surface area contributed by atoms with E-state index in [0.29, 0.717) is 18.3 Å². The molecule has 3 aromatic rings. The van der Waals surface area contributed by atoms with E-state index in [4.69, 9.17) is 4.74 Å². The van der Waals surface area contributed by atoms with Crippen LogP contribution in [-0.2, 0) is 4.74 Å². The van der Waals surface area contributed by atoms with Gasteiger partial charge in [-0.05, 0) is 31.0 Å². The lowest BCUT2D eigenvalue weighted by Crippen LogP contribution is -2.37. The van der Waals surface area contributed by atoms with Crippen molar-refractivity contribution in [1.29, 1.82) is 0 Å². The first-order chi connectivity index (χ1) is 13.1. The molecule has 1 saturated heterocycles. The van der Waals surface area contributed by atoms with Crippen LogP contribution >= 0.6 is 11.3 Å². The number of hydrogen-bond donors (Lipinski definition) is 0. The average Bonchev–Trinajstić information content (AvgIpc) is 3.34. The monoisotopic (exact) mass is 383 g/mol. The van der Waals surface area contributed by atoms with Crippen molar-refractivity contribution in [2.75, 3.05) is 18.1 Å². The van der Waals surface area contributed by atoms with Gasteiger partial charge in [0.15, 0.2) is 5.13 Å². The number of fused-ring (bicyclic) bond motifs is 1. The number of carbonyl (C=O) groups excluding carboxylic acids is 1. The van der Waals surface area contributed by atoms with Crippen molar-refractivity contribution in [1.82, 2.24) is 4.98 Å². The van der Waals surface area contributed by atoms with E-state index in [1.807, 2.05) is 24.3 Å². The molecule has 1 aromatic heterocycles. The second-order valence-corrected chi connectivity index (χ2v) is 7.33. The molecule has 1 aliphatic heterocycles.